The number of ether oxygens (including phenoxy) is 1. The number of aromatic nitrogens is 6. The maximum Gasteiger partial charge on any atom is 0.434 e. The molecule has 0 spiro atoms. The zero-order valence-corrected chi connectivity index (χ0v) is 23.2. The van der Waals surface area contributed by atoms with Crippen molar-refractivity contribution in [3.8, 4) is 23.0 Å². The van der Waals surface area contributed by atoms with Crippen molar-refractivity contribution < 1.29 is 9.15 Å². The maximum absolute atomic E-state index is 11.7. The van der Waals surface area contributed by atoms with Crippen LogP contribution in [0.25, 0.3) is 34.1 Å². The van der Waals surface area contributed by atoms with Gasteiger partial charge in [0.2, 0.25) is 11.8 Å². The summed E-state index contributed by atoms with van der Waals surface area (Å²) in [6, 6.07) is 7.46. The van der Waals surface area contributed by atoms with E-state index in [0.29, 0.717) is 41.4 Å². The Bertz CT molecular complexity index is 1600. The molecule has 1 N–H and O–H groups in total. The summed E-state index contributed by atoms with van der Waals surface area (Å²) in [5, 5.41) is 6.85. The van der Waals surface area contributed by atoms with Crippen molar-refractivity contribution in [2.75, 3.05) is 18.1 Å². The first-order valence-corrected chi connectivity index (χ1v) is 14.1. The largest absolute Gasteiger partial charge is 0.434 e. The maximum atomic E-state index is 11.7. The van der Waals surface area contributed by atoms with Crippen LogP contribution >= 0.6 is 11.6 Å². The molecule has 208 valence electrons. The first-order valence-electron chi connectivity index (χ1n) is 13.7. The fourth-order valence-electron chi connectivity index (χ4n) is 5.93. The third-order valence-corrected chi connectivity index (χ3v) is 8.26. The number of imidazole rings is 1. The molecule has 0 radical (unpaired) electrons. The van der Waals surface area contributed by atoms with Crippen LogP contribution < -0.4 is 10.7 Å². The fraction of sp³-hybridized carbons (Fsp3) is 0.414. The van der Waals surface area contributed by atoms with Gasteiger partial charge in [-0.15, -0.1) is 18.3 Å². The highest BCUT2D eigenvalue weighted by molar-refractivity contribution is 6.30. The van der Waals surface area contributed by atoms with Crippen molar-refractivity contribution in [2.24, 2.45) is 11.8 Å². The molecule has 4 aromatic rings. The number of nitrogens with one attached hydrogen (secondary N) is 1. The summed E-state index contributed by atoms with van der Waals surface area (Å²) in [6.07, 6.45) is 8.40. The summed E-state index contributed by atoms with van der Waals surface area (Å²) in [5.41, 5.74) is 2.73. The highest BCUT2D eigenvalue weighted by Gasteiger charge is 2.33. The first-order chi connectivity index (χ1) is 19.4. The molecule has 2 atom stereocenters. The predicted molar refractivity (Wildman–Crippen MR) is 154 cm³/mol. The van der Waals surface area contributed by atoms with Crippen molar-refractivity contribution in [3.63, 3.8) is 0 Å². The van der Waals surface area contributed by atoms with Gasteiger partial charge in [0.1, 0.15) is 11.2 Å². The molecule has 2 aliphatic rings. The van der Waals surface area contributed by atoms with Crippen LogP contribution in [0, 0.1) is 11.8 Å². The number of rotatable bonds is 7. The monoisotopic (exact) mass is 561 g/mol. The van der Waals surface area contributed by atoms with Gasteiger partial charge in [0.15, 0.2) is 5.65 Å². The summed E-state index contributed by atoms with van der Waals surface area (Å²) in [7, 11) is 0. The van der Waals surface area contributed by atoms with E-state index >= 15 is 0 Å². The fourth-order valence-corrected chi connectivity index (χ4v) is 6.12. The van der Waals surface area contributed by atoms with E-state index in [4.69, 9.17) is 35.7 Å². The van der Waals surface area contributed by atoms with Gasteiger partial charge in [-0.1, -0.05) is 35.9 Å². The summed E-state index contributed by atoms with van der Waals surface area (Å²) >= 11 is 6.43. The SMILES string of the molecule is C=C[C@@H]1[C@H](C)OCCN1c1nc2nc(-c3n[nH]c(=O)o3)nc(-c3cccc(Cl)c3)c2n1C[C@H]1CC[C@H](C=C)CC1. The third-order valence-electron chi connectivity index (χ3n) is 8.03. The van der Waals surface area contributed by atoms with Gasteiger partial charge in [-0.3, -0.25) is 0 Å². The molecule has 0 amide bonds. The van der Waals surface area contributed by atoms with Crippen molar-refractivity contribution in [1.29, 1.82) is 0 Å². The molecular formula is C29H32ClN7O3. The molecule has 3 aromatic heterocycles. The highest BCUT2D eigenvalue weighted by Crippen LogP contribution is 2.37. The van der Waals surface area contributed by atoms with Crippen molar-refractivity contribution >= 4 is 28.7 Å². The smallest absolute Gasteiger partial charge is 0.384 e. The second-order valence-electron chi connectivity index (χ2n) is 10.5. The summed E-state index contributed by atoms with van der Waals surface area (Å²) < 4.78 is 13.4. The minimum Gasteiger partial charge on any atom is -0.384 e. The Kier molecular flexibility index (Phi) is 7.29. The minimum atomic E-state index is -0.680. The van der Waals surface area contributed by atoms with E-state index in [2.05, 4.69) is 45.8 Å². The van der Waals surface area contributed by atoms with Crippen molar-refractivity contribution in [1.82, 2.24) is 29.7 Å². The highest BCUT2D eigenvalue weighted by atomic mass is 35.5. The van der Waals surface area contributed by atoms with E-state index in [-0.39, 0.29) is 23.9 Å². The summed E-state index contributed by atoms with van der Waals surface area (Å²) in [4.78, 5) is 28.7. The number of hydrogen-bond acceptors (Lipinski definition) is 8. The zero-order chi connectivity index (χ0) is 27.8. The number of halogens is 1. The normalized spacial score (nSPS) is 23.4. The second-order valence-corrected chi connectivity index (χ2v) is 11.0. The molecule has 1 saturated carbocycles. The topological polar surface area (TPSA) is 115 Å². The van der Waals surface area contributed by atoms with Gasteiger partial charge in [-0.2, -0.15) is 4.98 Å². The number of morpholine rings is 1. The number of anilines is 1. The van der Waals surface area contributed by atoms with Crippen molar-refractivity contribution in [2.45, 2.75) is 51.3 Å². The zero-order valence-electron chi connectivity index (χ0n) is 22.4. The second kappa shape index (κ2) is 11.0. The van der Waals surface area contributed by atoms with Crippen LogP contribution in [-0.2, 0) is 11.3 Å². The number of hydrogen-bond donors (Lipinski definition) is 1. The Hall–Kier alpha value is -3.76. The van der Waals surface area contributed by atoms with Gasteiger partial charge >= 0.3 is 5.76 Å². The van der Waals surface area contributed by atoms with Gasteiger partial charge in [0, 0.05) is 23.7 Å². The predicted octanol–water partition coefficient (Wildman–Crippen LogP) is 5.26. The lowest BCUT2D eigenvalue weighted by atomic mass is 9.82. The van der Waals surface area contributed by atoms with Crippen LogP contribution in [0.2, 0.25) is 5.02 Å². The number of aromatic amines is 1. The first kappa shape index (κ1) is 26.5. The number of H-pyrrole nitrogens is 1. The number of fused-ring (bicyclic) bond motifs is 1. The Morgan fingerprint density at radius 2 is 1.98 bits per heavy atom. The third kappa shape index (κ3) is 4.97. The molecular weight excluding hydrogens is 530 g/mol. The van der Waals surface area contributed by atoms with E-state index < -0.39 is 5.76 Å². The molecule has 11 heteroatoms. The molecule has 0 bridgehead atoms. The van der Waals surface area contributed by atoms with Crippen LogP contribution in [0.1, 0.15) is 32.6 Å². The molecule has 1 aromatic carbocycles. The van der Waals surface area contributed by atoms with Gasteiger partial charge in [0.25, 0.3) is 5.89 Å². The van der Waals surface area contributed by atoms with E-state index in [0.717, 1.165) is 49.3 Å². The average molecular weight is 562 g/mol. The van der Waals surface area contributed by atoms with E-state index in [1.54, 1.807) is 0 Å². The molecule has 0 unspecified atom stereocenters. The molecule has 4 heterocycles. The Morgan fingerprint density at radius 1 is 1.15 bits per heavy atom. The quantitative estimate of drug-likeness (QED) is 0.304. The number of nitrogens with zero attached hydrogens (tertiary/aromatic N) is 6. The van der Waals surface area contributed by atoms with E-state index in [1.165, 1.54) is 0 Å². The minimum absolute atomic E-state index is 0.00186. The summed E-state index contributed by atoms with van der Waals surface area (Å²) in [5.74, 6) is 1.30. The standard InChI is InChI=1S/C29H32ClN7O3/c1-4-18-9-11-19(12-10-18)16-37-24-23(20-7-6-8-21(30)15-20)31-26(27-34-35-29(38)40-27)32-25(24)33-28(37)36-13-14-39-17(3)22(36)5-2/h4-8,15,17-19,22H,1-2,9-14,16H2,3H3,(H,35,38)/t17-,18-,19-,22+/m0/s1. The summed E-state index contributed by atoms with van der Waals surface area (Å²) in [6.45, 7) is 12.2. The molecule has 2 fully saturated rings. The van der Waals surface area contributed by atoms with Gasteiger partial charge in [-0.25, -0.2) is 19.9 Å². The van der Waals surface area contributed by atoms with Crippen LogP contribution in [0.5, 0.6) is 0 Å². The lowest BCUT2D eigenvalue weighted by Gasteiger charge is -2.39. The molecule has 6 rings (SSSR count). The lowest BCUT2D eigenvalue weighted by Crippen LogP contribution is -2.50. The van der Waals surface area contributed by atoms with Gasteiger partial charge < -0.3 is 18.6 Å². The molecule has 1 saturated heterocycles. The number of allylic oxidation sites excluding steroid dienone is 1. The van der Waals surface area contributed by atoms with E-state index in [9.17, 15) is 4.79 Å². The Morgan fingerprint density at radius 3 is 2.67 bits per heavy atom. The molecule has 1 aliphatic carbocycles. The number of benzene rings is 1. The molecule has 1 aliphatic heterocycles. The van der Waals surface area contributed by atoms with Crippen molar-refractivity contribution in [3.05, 3.63) is 65.1 Å². The molecule has 40 heavy (non-hydrogen) atoms. The van der Waals surface area contributed by atoms with Gasteiger partial charge in [0.05, 0.1) is 18.8 Å². The van der Waals surface area contributed by atoms with Crippen LogP contribution in [-0.4, -0.2) is 55.0 Å². The van der Waals surface area contributed by atoms with Crippen LogP contribution in [0.3, 0.4) is 0 Å². The van der Waals surface area contributed by atoms with Crippen LogP contribution in [0.15, 0.2) is 58.8 Å². The van der Waals surface area contributed by atoms with Gasteiger partial charge in [-0.05, 0) is 56.6 Å². The van der Waals surface area contributed by atoms with Crippen LogP contribution in [0.4, 0.5) is 5.95 Å². The Labute approximate surface area is 236 Å². The Balaban J connectivity index is 1.57. The molecule has 10 nitrogen and oxygen atoms in total. The lowest BCUT2D eigenvalue weighted by molar-refractivity contribution is 0.0345. The average Bonchev–Trinajstić information content (AvgIpc) is 3.56. The van der Waals surface area contributed by atoms with E-state index in [1.807, 2.05) is 30.3 Å².